The number of aliphatic hydroxyl groups excluding tert-OH is 1. The molecule has 0 spiro atoms. The van der Waals surface area contributed by atoms with Gasteiger partial charge in [-0.3, -0.25) is 4.98 Å². The molecule has 6 heteroatoms. The van der Waals surface area contributed by atoms with Crippen molar-refractivity contribution in [3.8, 4) is 11.5 Å². The quantitative estimate of drug-likeness (QED) is 0.597. The van der Waals surface area contributed by atoms with E-state index < -0.39 is 0 Å². The van der Waals surface area contributed by atoms with Crippen LogP contribution in [0.15, 0.2) is 67.0 Å². The van der Waals surface area contributed by atoms with Crippen molar-refractivity contribution in [1.29, 1.82) is 0 Å². The molecule has 0 aliphatic carbocycles. The third-order valence-corrected chi connectivity index (χ3v) is 5.07. The van der Waals surface area contributed by atoms with Gasteiger partial charge in [-0.2, -0.15) is 0 Å². The molecule has 1 N–H and O–H groups in total. The number of ether oxygens (including phenoxy) is 3. The predicted octanol–water partition coefficient (Wildman–Crippen LogP) is 4.44. The standard InChI is InChI=1S/C24H26N2O4/c1-28-22-10-9-21(14-23(22)30-24-8-4-12-29-24)26(16-19-6-3-11-25-15-19)20-7-2-5-18(13-20)17-27/h2-3,5-7,9-11,13-15,24,27H,4,8,12,16-17H2,1H3. The first-order valence-electron chi connectivity index (χ1n) is 10.1. The number of rotatable bonds is 8. The van der Waals surface area contributed by atoms with E-state index in [-0.39, 0.29) is 12.9 Å². The molecular formula is C24H26N2O4. The molecule has 1 atom stereocenters. The van der Waals surface area contributed by atoms with Gasteiger partial charge in [0.2, 0.25) is 0 Å². The number of hydrogen-bond donors (Lipinski definition) is 1. The summed E-state index contributed by atoms with van der Waals surface area (Å²) in [6, 6.07) is 17.7. The van der Waals surface area contributed by atoms with Crippen LogP contribution in [-0.4, -0.2) is 30.1 Å². The van der Waals surface area contributed by atoms with E-state index in [1.807, 2.05) is 60.8 Å². The molecule has 0 bridgehead atoms. The molecule has 4 rings (SSSR count). The van der Waals surface area contributed by atoms with Crippen molar-refractivity contribution in [1.82, 2.24) is 4.98 Å². The van der Waals surface area contributed by atoms with Gasteiger partial charge < -0.3 is 24.2 Å². The molecule has 3 aromatic rings. The lowest BCUT2D eigenvalue weighted by Gasteiger charge is -2.27. The minimum atomic E-state index is -0.251. The van der Waals surface area contributed by atoms with Crippen molar-refractivity contribution in [3.63, 3.8) is 0 Å². The fraction of sp³-hybridized carbons (Fsp3) is 0.292. The van der Waals surface area contributed by atoms with Crippen LogP contribution >= 0.6 is 0 Å². The van der Waals surface area contributed by atoms with E-state index in [2.05, 4.69) is 9.88 Å². The minimum Gasteiger partial charge on any atom is -0.493 e. The second kappa shape index (κ2) is 9.61. The van der Waals surface area contributed by atoms with Crippen molar-refractivity contribution in [2.75, 3.05) is 18.6 Å². The van der Waals surface area contributed by atoms with Crippen LogP contribution in [0.3, 0.4) is 0 Å². The van der Waals surface area contributed by atoms with Crippen LogP contribution in [0.2, 0.25) is 0 Å². The zero-order valence-corrected chi connectivity index (χ0v) is 17.0. The summed E-state index contributed by atoms with van der Waals surface area (Å²) in [6.45, 7) is 1.33. The average Bonchev–Trinajstić information content (AvgIpc) is 3.31. The van der Waals surface area contributed by atoms with Crippen LogP contribution in [0.25, 0.3) is 0 Å². The number of anilines is 2. The van der Waals surface area contributed by atoms with Gasteiger partial charge in [0.25, 0.3) is 0 Å². The fourth-order valence-electron chi connectivity index (χ4n) is 3.54. The molecule has 0 amide bonds. The van der Waals surface area contributed by atoms with Gasteiger partial charge in [-0.25, -0.2) is 0 Å². The number of pyridine rings is 1. The van der Waals surface area contributed by atoms with Crippen LogP contribution in [0, 0.1) is 0 Å². The summed E-state index contributed by atoms with van der Waals surface area (Å²) >= 11 is 0. The number of aliphatic hydroxyl groups is 1. The Morgan fingerprint density at radius 3 is 2.67 bits per heavy atom. The molecule has 30 heavy (non-hydrogen) atoms. The van der Waals surface area contributed by atoms with Crippen LogP contribution in [0.5, 0.6) is 11.5 Å². The second-order valence-corrected chi connectivity index (χ2v) is 7.17. The molecule has 2 heterocycles. The Labute approximate surface area is 176 Å². The van der Waals surface area contributed by atoms with Crippen LogP contribution in [0.1, 0.15) is 24.0 Å². The smallest absolute Gasteiger partial charge is 0.200 e. The van der Waals surface area contributed by atoms with Gasteiger partial charge in [-0.05, 0) is 47.9 Å². The summed E-state index contributed by atoms with van der Waals surface area (Å²) in [6.07, 6.45) is 5.23. The van der Waals surface area contributed by atoms with E-state index >= 15 is 0 Å². The third kappa shape index (κ3) is 4.72. The normalized spacial score (nSPS) is 15.7. The maximum atomic E-state index is 9.60. The molecule has 6 nitrogen and oxygen atoms in total. The number of hydrogen-bond acceptors (Lipinski definition) is 6. The topological polar surface area (TPSA) is 64.1 Å². The Morgan fingerprint density at radius 2 is 1.93 bits per heavy atom. The van der Waals surface area contributed by atoms with Crippen molar-refractivity contribution in [3.05, 3.63) is 78.1 Å². The van der Waals surface area contributed by atoms with E-state index in [0.717, 1.165) is 35.3 Å². The lowest BCUT2D eigenvalue weighted by molar-refractivity contribution is -0.0402. The molecule has 1 unspecified atom stereocenters. The molecule has 2 aromatic carbocycles. The lowest BCUT2D eigenvalue weighted by Crippen LogP contribution is -2.18. The lowest BCUT2D eigenvalue weighted by atomic mass is 10.1. The molecule has 156 valence electrons. The van der Waals surface area contributed by atoms with Crippen molar-refractivity contribution in [2.24, 2.45) is 0 Å². The minimum absolute atomic E-state index is 0.00936. The highest BCUT2D eigenvalue weighted by Crippen LogP contribution is 2.37. The maximum Gasteiger partial charge on any atom is 0.200 e. The van der Waals surface area contributed by atoms with Crippen molar-refractivity contribution < 1.29 is 19.3 Å². The van der Waals surface area contributed by atoms with E-state index in [1.165, 1.54) is 0 Å². The molecule has 1 aromatic heterocycles. The zero-order chi connectivity index (χ0) is 20.8. The molecule has 0 saturated carbocycles. The summed E-state index contributed by atoms with van der Waals surface area (Å²) in [5, 5.41) is 9.60. The zero-order valence-electron chi connectivity index (χ0n) is 17.0. The fourth-order valence-corrected chi connectivity index (χ4v) is 3.54. The molecule has 1 saturated heterocycles. The molecule has 1 aliphatic heterocycles. The number of methoxy groups -OCH3 is 1. The Balaban J connectivity index is 1.71. The first kappa shape index (κ1) is 20.2. The SMILES string of the molecule is COc1ccc(N(Cc2cccnc2)c2cccc(CO)c2)cc1OC1CCCO1. The van der Waals surface area contributed by atoms with Gasteiger partial charge >= 0.3 is 0 Å². The van der Waals surface area contributed by atoms with Crippen LogP contribution < -0.4 is 14.4 Å². The maximum absolute atomic E-state index is 9.60. The van der Waals surface area contributed by atoms with Gasteiger partial charge in [0.1, 0.15) is 0 Å². The molecule has 1 fully saturated rings. The van der Waals surface area contributed by atoms with Crippen molar-refractivity contribution in [2.45, 2.75) is 32.3 Å². The highest BCUT2D eigenvalue weighted by atomic mass is 16.7. The Bertz CT molecular complexity index is 958. The Kier molecular flexibility index (Phi) is 6.47. The second-order valence-electron chi connectivity index (χ2n) is 7.17. The summed E-state index contributed by atoms with van der Waals surface area (Å²) in [7, 11) is 1.63. The first-order chi connectivity index (χ1) is 14.8. The largest absolute Gasteiger partial charge is 0.493 e. The van der Waals surface area contributed by atoms with Gasteiger partial charge in [-0.1, -0.05) is 18.2 Å². The molecular weight excluding hydrogens is 380 g/mol. The Morgan fingerprint density at radius 1 is 1.07 bits per heavy atom. The highest BCUT2D eigenvalue weighted by Gasteiger charge is 2.20. The monoisotopic (exact) mass is 406 g/mol. The van der Waals surface area contributed by atoms with E-state index in [0.29, 0.717) is 24.7 Å². The first-order valence-corrected chi connectivity index (χ1v) is 10.1. The molecule has 1 aliphatic rings. The van der Waals surface area contributed by atoms with Crippen molar-refractivity contribution >= 4 is 11.4 Å². The van der Waals surface area contributed by atoms with E-state index in [4.69, 9.17) is 14.2 Å². The van der Waals surface area contributed by atoms with Gasteiger partial charge in [0.05, 0.1) is 20.3 Å². The number of nitrogens with zero attached hydrogens (tertiary/aromatic N) is 2. The predicted molar refractivity (Wildman–Crippen MR) is 115 cm³/mol. The summed E-state index contributed by atoms with van der Waals surface area (Å²) in [5.74, 6) is 1.32. The third-order valence-electron chi connectivity index (χ3n) is 5.07. The van der Waals surface area contributed by atoms with Crippen LogP contribution in [0.4, 0.5) is 11.4 Å². The van der Waals surface area contributed by atoms with Gasteiger partial charge in [-0.15, -0.1) is 0 Å². The van der Waals surface area contributed by atoms with Crippen LogP contribution in [-0.2, 0) is 17.9 Å². The Hall–Kier alpha value is -3.09. The number of benzene rings is 2. The number of aromatic nitrogens is 1. The molecule has 0 radical (unpaired) electrons. The summed E-state index contributed by atoms with van der Waals surface area (Å²) in [5.41, 5.74) is 3.85. The van der Waals surface area contributed by atoms with E-state index in [9.17, 15) is 5.11 Å². The van der Waals surface area contributed by atoms with Gasteiger partial charge in [0.15, 0.2) is 17.8 Å². The highest BCUT2D eigenvalue weighted by molar-refractivity contribution is 5.67. The average molecular weight is 406 g/mol. The summed E-state index contributed by atoms with van der Waals surface area (Å²) in [4.78, 5) is 6.41. The van der Waals surface area contributed by atoms with E-state index in [1.54, 1.807) is 13.3 Å². The van der Waals surface area contributed by atoms with Gasteiger partial charge in [0, 0.05) is 42.8 Å². The summed E-state index contributed by atoms with van der Waals surface area (Å²) < 4.78 is 17.2.